The average molecular weight is 424 g/mol. The fourth-order valence-electron chi connectivity index (χ4n) is 1.43. The highest BCUT2D eigenvalue weighted by molar-refractivity contribution is 14.1. The van der Waals surface area contributed by atoms with Crippen molar-refractivity contribution in [1.29, 1.82) is 0 Å². The smallest absolute Gasteiger partial charge is 0.233 e. The third-order valence-corrected chi connectivity index (χ3v) is 3.47. The number of nitrogens with one attached hydrogen (secondary N) is 2. The van der Waals surface area contributed by atoms with Crippen molar-refractivity contribution in [3.8, 4) is 0 Å². The highest BCUT2D eigenvalue weighted by Gasteiger charge is 2.07. The van der Waals surface area contributed by atoms with Gasteiger partial charge < -0.3 is 10.6 Å². The molecule has 8 heteroatoms. The summed E-state index contributed by atoms with van der Waals surface area (Å²) in [5, 5.41) is 6.82. The monoisotopic (exact) mass is 423 g/mol. The maximum atomic E-state index is 6.16. The van der Waals surface area contributed by atoms with E-state index < -0.39 is 0 Å². The lowest BCUT2D eigenvalue weighted by molar-refractivity contribution is 0.940. The molecule has 0 radical (unpaired) electrons. The van der Waals surface area contributed by atoms with Crippen LogP contribution in [0.5, 0.6) is 0 Å². The van der Waals surface area contributed by atoms with Gasteiger partial charge in [0.05, 0.1) is 10.7 Å². The molecule has 0 amide bonds. The van der Waals surface area contributed by atoms with Crippen molar-refractivity contribution in [3.63, 3.8) is 0 Å². The van der Waals surface area contributed by atoms with E-state index in [4.69, 9.17) is 23.2 Å². The molecule has 0 spiro atoms. The maximum absolute atomic E-state index is 6.16. The van der Waals surface area contributed by atoms with E-state index in [2.05, 4.69) is 55.1 Å². The van der Waals surface area contributed by atoms with Crippen LogP contribution in [0, 0.1) is 3.57 Å². The molecule has 0 aliphatic rings. The van der Waals surface area contributed by atoms with Gasteiger partial charge in [-0.15, -0.1) is 0 Å². The van der Waals surface area contributed by atoms with E-state index in [1.807, 2.05) is 18.2 Å². The second-order valence-electron chi connectivity index (χ2n) is 3.93. The van der Waals surface area contributed by atoms with Crippen LogP contribution >= 0.6 is 45.8 Å². The molecule has 2 rings (SSSR count). The van der Waals surface area contributed by atoms with Gasteiger partial charge in [0.2, 0.25) is 17.2 Å². The lowest BCUT2D eigenvalue weighted by Crippen LogP contribution is -2.08. The molecule has 2 N–H and O–H groups in total. The van der Waals surface area contributed by atoms with Gasteiger partial charge in [0.25, 0.3) is 0 Å². The highest BCUT2D eigenvalue weighted by atomic mass is 127. The van der Waals surface area contributed by atoms with E-state index >= 15 is 0 Å². The van der Waals surface area contributed by atoms with Crippen molar-refractivity contribution in [1.82, 2.24) is 15.0 Å². The van der Waals surface area contributed by atoms with Gasteiger partial charge in [-0.1, -0.05) is 18.5 Å². The van der Waals surface area contributed by atoms with Gasteiger partial charge >= 0.3 is 0 Å². The van der Waals surface area contributed by atoms with Crippen LogP contribution in [0.4, 0.5) is 17.6 Å². The van der Waals surface area contributed by atoms with E-state index in [0.717, 1.165) is 22.2 Å². The Morgan fingerprint density at radius 3 is 2.60 bits per heavy atom. The number of hydrogen-bond acceptors (Lipinski definition) is 5. The molecule has 1 aromatic heterocycles. The SMILES string of the molecule is CCCNc1nc(Cl)nc(Nc2ccc(I)cc2Cl)n1. The van der Waals surface area contributed by atoms with Crippen LogP contribution in [0.3, 0.4) is 0 Å². The van der Waals surface area contributed by atoms with Crippen molar-refractivity contribution in [2.75, 3.05) is 17.2 Å². The normalized spacial score (nSPS) is 10.4. The summed E-state index contributed by atoms with van der Waals surface area (Å²) in [5.74, 6) is 0.794. The minimum absolute atomic E-state index is 0.128. The Labute approximate surface area is 140 Å². The van der Waals surface area contributed by atoms with Gasteiger partial charge in [0.1, 0.15) is 0 Å². The van der Waals surface area contributed by atoms with Crippen LogP contribution < -0.4 is 10.6 Å². The van der Waals surface area contributed by atoms with Gasteiger partial charge in [-0.2, -0.15) is 15.0 Å². The molecule has 0 unspecified atom stereocenters. The quantitative estimate of drug-likeness (QED) is 0.700. The first-order valence-corrected chi connectivity index (χ1v) is 7.79. The molecule has 0 atom stereocenters. The lowest BCUT2D eigenvalue weighted by Gasteiger charge is -2.09. The molecular weight excluding hydrogens is 412 g/mol. The number of halogens is 3. The van der Waals surface area contributed by atoms with E-state index in [1.54, 1.807) is 0 Å². The van der Waals surface area contributed by atoms with E-state index in [0.29, 0.717) is 16.9 Å². The Morgan fingerprint density at radius 1 is 1.15 bits per heavy atom. The predicted molar refractivity (Wildman–Crippen MR) is 91.1 cm³/mol. The van der Waals surface area contributed by atoms with E-state index in [9.17, 15) is 0 Å². The molecule has 0 saturated carbocycles. The number of nitrogens with zero attached hydrogens (tertiary/aromatic N) is 3. The average Bonchev–Trinajstić information content (AvgIpc) is 2.39. The topological polar surface area (TPSA) is 62.7 Å². The molecule has 106 valence electrons. The van der Waals surface area contributed by atoms with Crippen LogP contribution in [0.15, 0.2) is 18.2 Å². The first kappa shape index (κ1) is 15.5. The largest absolute Gasteiger partial charge is 0.354 e. The molecule has 2 aromatic rings. The van der Waals surface area contributed by atoms with Crippen LogP contribution in [0.25, 0.3) is 0 Å². The van der Waals surface area contributed by atoms with Crippen molar-refractivity contribution in [2.24, 2.45) is 0 Å². The molecule has 5 nitrogen and oxygen atoms in total. The summed E-state index contributed by atoms with van der Waals surface area (Å²) in [6.07, 6.45) is 0.967. The summed E-state index contributed by atoms with van der Waals surface area (Å²) < 4.78 is 1.05. The molecule has 0 saturated heterocycles. The standard InChI is InChI=1S/C12H12Cl2IN5/c1-2-5-16-11-18-10(14)19-12(20-11)17-9-4-3-7(15)6-8(9)13/h3-4,6H,2,5H2,1H3,(H2,16,17,18,19,20). The van der Waals surface area contributed by atoms with Crippen molar-refractivity contribution >= 4 is 63.4 Å². The van der Waals surface area contributed by atoms with Crippen LogP contribution in [-0.4, -0.2) is 21.5 Å². The maximum Gasteiger partial charge on any atom is 0.233 e. The number of benzene rings is 1. The van der Waals surface area contributed by atoms with Gasteiger partial charge in [-0.3, -0.25) is 0 Å². The molecule has 0 bridgehead atoms. The predicted octanol–water partition coefficient (Wildman–Crippen LogP) is 4.35. The first-order chi connectivity index (χ1) is 9.58. The molecule has 1 aromatic carbocycles. The van der Waals surface area contributed by atoms with Crippen LogP contribution in [0.2, 0.25) is 10.3 Å². The zero-order valence-corrected chi connectivity index (χ0v) is 14.3. The molecule has 20 heavy (non-hydrogen) atoms. The van der Waals surface area contributed by atoms with E-state index in [1.165, 1.54) is 0 Å². The van der Waals surface area contributed by atoms with Gasteiger partial charge in [-0.05, 0) is 58.8 Å². The van der Waals surface area contributed by atoms with Crippen LogP contribution in [0.1, 0.15) is 13.3 Å². The molecule has 1 heterocycles. The Hall–Kier alpha value is -0.860. The summed E-state index contributed by atoms with van der Waals surface area (Å²) in [4.78, 5) is 12.3. The molecule has 0 fully saturated rings. The lowest BCUT2D eigenvalue weighted by atomic mass is 10.3. The number of aromatic nitrogens is 3. The molecule has 0 aliphatic carbocycles. The van der Waals surface area contributed by atoms with Gasteiger partial charge in [0, 0.05) is 10.1 Å². The number of hydrogen-bond donors (Lipinski definition) is 2. The minimum Gasteiger partial charge on any atom is -0.354 e. The van der Waals surface area contributed by atoms with Crippen molar-refractivity contribution in [2.45, 2.75) is 13.3 Å². The third kappa shape index (κ3) is 4.32. The fraction of sp³-hybridized carbons (Fsp3) is 0.250. The van der Waals surface area contributed by atoms with Crippen LogP contribution in [-0.2, 0) is 0 Å². The second kappa shape index (κ2) is 7.24. The number of anilines is 3. The zero-order chi connectivity index (χ0) is 14.5. The summed E-state index contributed by atoms with van der Waals surface area (Å²) in [7, 11) is 0. The molecular formula is C12H12Cl2IN5. The summed E-state index contributed by atoms with van der Waals surface area (Å²) in [6, 6.07) is 5.65. The Balaban J connectivity index is 2.21. The summed E-state index contributed by atoms with van der Waals surface area (Å²) >= 11 is 14.2. The molecule has 0 aliphatic heterocycles. The van der Waals surface area contributed by atoms with Gasteiger partial charge in [-0.25, -0.2) is 0 Å². The van der Waals surface area contributed by atoms with E-state index in [-0.39, 0.29) is 5.28 Å². The fourth-order valence-corrected chi connectivity index (χ4v) is 2.50. The second-order valence-corrected chi connectivity index (χ2v) is 5.92. The Bertz CT molecular complexity index is 608. The Kier molecular flexibility index (Phi) is 5.62. The number of rotatable bonds is 5. The van der Waals surface area contributed by atoms with Crippen molar-refractivity contribution < 1.29 is 0 Å². The summed E-state index contributed by atoms with van der Waals surface area (Å²) in [6.45, 7) is 2.82. The third-order valence-electron chi connectivity index (χ3n) is 2.32. The Morgan fingerprint density at radius 2 is 1.90 bits per heavy atom. The summed E-state index contributed by atoms with van der Waals surface area (Å²) in [5.41, 5.74) is 0.718. The highest BCUT2D eigenvalue weighted by Crippen LogP contribution is 2.26. The van der Waals surface area contributed by atoms with Crippen molar-refractivity contribution in [3.05, 3.63) is 32.1 Å². The van der Waals surface area contributed by atoms with Gasteiger partial charge in [0.15, 0.2) is 0 Å². The first-order valence-electron chi connectivity index (χ1n) is 5.96. The minimum atomic E-state index is 0.128. The zero-order valence-electron chi connectivity index (χ0n) is 10.6.